The highest BCUT2D eigenvalue weighted by molar-refractivity contribution is 8.00. The fraction of sp³-hybridized carbons (Fsp3) is 0.0588. The standard InChI is InChI=1S/C34H27FN4O3S2/c1-22-10-14-24(15-11-22)30-20-44-34(38-30)39-31(40)21-43-28-9-5-8-27(19-28)36-33(42)29(18-23-12-16-26(35)17-13-23)37-32(41)25-6-3-2-4-7-25/h2-20H,21H2,1H3,(H,36,42)(H,37,41)(H,38,39,40)/b29-18-. The fourth-order valence-electron chi connectivity index (χ4n) is 4.02. The molecule has 4 aromatic carbocycles. The second-order valence-corrected chi connectivity index (χ2v) is 11.6. The molecule has 10 heteroatoms. The van der Waals surface area contributed by atoms with Gasteiger partial charge in [-0.3, -0.25) is 14.4 Å². The summed E-state index contributed by atoms with van der Waals surface area (Å²) in [5, 5.41) is 10.7. The van der Waals surface area contributed by atoms with E-state index in [1.165, 1.54) is 53.4 Å². The van der Waals surface area contributed by atoms with Crippen LogP contribution in [0, 0.1) is 12.7 Å². The van der Waals surface area contributed by atoms with Crippen LogP contribution >= 0.6 is 23.1 Å². The van der Waals surface area contributed by atoms with Gasteiger partial charge in [-0.2, -0.15) is 0 Å². The quantitative estimate of drug-likeness (QED) is 0.111. The molecule has 1 heterocycles. The topological polar surface area (TPSA) is 100 Å². The summed E-state index contributed by atoms with van der Waals surface area (Å²) in [6.45, 7) is 2.02. The van der Waals surface area contributed by atoms with Crippen LogP contribution in [0.5, 0.6) is 0 Å². The lowest BCUT2D eigenvalue weighted by atomic mass is 10.1. The molecule has 0 fully saturated rings. The van der Waals surface area contributed by atoms with E-state index < -0.39 is 17.6 Å². The molecule has 5 aromatic rings. The monoisotopic (exact) mass is 622 g/mol. The predicted molar refractivity (Wildman–Crippen MR) is 175 cm³/mol. The lowest BCUT2D eigenvalue weighted by Crippen LogP contribution is -2.30. The first kappa shape index (κ1) is 30.4. The number of rotatable bonds is 10. The third-order valence-electron chi connectivity index (χ3n) is 6.27. The molecule has 0 aliphatic rings. The van der Waals surface area contributed by atoms with E-state index in [0.717, 1.165) is 21.7 Å². The number of amides is 3. The average Bonchev–Trinajstić information content (AvgIpc) is 3.50. The highest BCUT2D eigenvalue weighted by atomic mass is 32.2. The number of hydrogen-bond donors (Lipinski definition) is 3. The Balaban J connectivity index is 1.22. The fourth-order valence-corrected chi connectivity index (χ4v) is 5.51. The largest absolute Gasteiger partial charge is 0.321 e. The van der Waals surface area contributed by atoms with E-state index in [-0.39, 0.29) is 17.4 Å². The van der Waals surface area contributed by atoms with Crippen molar-refractivity contribution in [3.63, 3.8) is 0 Å². The van der Waals surface area contributed by atoms with Crippen LogP contribution in [-0.4, -0.2) is 28.5 Å². The first-order valence-electron chi connectivity index (χ1n) is 13.5. The number of carbonyl (C=O) groups is 3. The van der Waals surface area contributed by atoms with Gasteiger partial charge >= 0.3 is 0 Å². The second-order valence-electron chi connectivity index (χ2n) is 9.65. The first-order valence-corrected chi connectivity index (χ1v) is 15.4. The van der Waals surface area contributed by atoms with Crippen LogP contribution < -0.4 is 16.0 Å². The maximum absolute atomic E-state index is 13.4. The van der Waals surface area contributed by atoms with Crippen molar-refractivity contribution in [2.75, 3.05) is 16.4 Å². The molecular formula is C34H27FN4O3S2. The number of aryl methyl sites for hydroxylation is 1. The van der Waals surface area contributed by atoms with Gasteiger partial charge in [0.15, 0.2) is 5.13 Å². The van der Waals surface area contributed by atoms with Crippen LogP contribution in [0.4, 0.5) is 15.2 Å². The highest BCUT2D eigenvalue weighted by Gasteiger charge is 2.16. The summed E-state index contributed by atoms with van der Waals surface area (Å²) >= 11 is 2.67. The van der Waals surface area contributed by atoms with Gasteiger partial charge in [-0.05, 0) is 61.0 Å². The summed E-state index contributed by atoms with van der Waals surface area (Å²) in [7, 11) is 0. The van der Waals surface area contributed by atoms with Gasteiger partial charge in [0.05, 0.1) is 11.4 Å². The summed E-state index contributed by atoms with van der Waals surface area (Å²) in [6, 6.07) is 29.1. The van der Waals surface area contributed by atoms with E-state index in [4.69, 9.17) is 0 Å². The van der Waals surface area contributed by atoms with Crippen molar-refractivity contribution in [2.45, 2.75) is 11.8 Å². The van der Waals surface area contributed by atoms with Crippen LogP contribution in [0.3, 0.4) is 0 Å². The molecule has 0 aliphatic heterocycles. The molecule has 0 aliphatic carbocycles. The summed E-state index contributed by atoms with van der Waals surface area (Å²) in [5.74, 6) is -1.51. The number of nitrogens with zero attached hydrogens (tertiary/aromatic N) is 1. The number of nitrogens with one attached hydrogen (secondary N) is 3. The molecule has 0 atom stereocenters. The molecule has 3 amide bonds. The van der Waals surface area contributed by atoms with Crippen molar-refractivity contribution in [2.24, 2.45) is 0 Å². The Bertz CT molecular complexity index is 1800. The van der Waals surface area contributed by atoms with Gasteiger partial charge in [-0.25, -0.2) is 9.37 Å². The molecule has 1 aromatic heterocycles. The Morgan fingerprint density at radius 1 is 0.886 bits per heavy atom. The summed E-state index contributed by atoms with van der Waals surface area (Å²) in [6.07, 6.45) is 1.47. The zero-order valence-electron chi connectivity index (χ0n) is 23.5. The third-order valence-corrected chi connectivity index (χ3v) is 8.02. The Labute approximate surface area is 262 Å². The molecule has 0 saturated heterocycles. The summed E-state index contributed by atoms with van der Waals surface area (Å²) in [5.41, 5.74) is 4.32. The van der Waals surface area contributed by atoms with E-state index in [2.05, 4.69) is 20.9 Å². The van der Waals surface area contributed by atoms with Crippen molar-refractivity contribution in [1.29, 1.82) is 0 Å². The van der Waals surface area contributed by atoms with Crippen molar-refractivity contribution in [1.82, 2.24) is 10.3 Å². The molecular weight excluding hydrogens is 596 g/mol. The molecule has 0 bridgehead atoms. The van der Waals surface area contributed by atoms with Gasteiger partial charge in [-0.1, -0.05) is 66.2 Å². The molecule has 7 nitrogen and oxygen atoms in total. The number of aromatic nitrogens is 1. The van der Waals surface area contributed by atoms with Crippen molar-refractivity contribution >= 4 is 57.7 Å². The predicted octanol–water partition coefficient (Wildman–Crippen LogP) is 7.40. The van der Waals surface area contributed by atoms with Gasteiger partial charge in [0.25, 0.3) is 11.8 Å². The zero-order chi connectivity index (χ0) is 30.9. The molecule has 220 valence electrons. The maximum atomic E-state index is 13.4. The van der Waals surface area contributed by atoms with Crippen LogP contribution in [0.15, 0.2) is 119 Å². The zero-order valence-corrected chi connectivity index (χ0v) is 25.2. The van der Waals surface area contributed by atoms with E-state index >= 15 is 0 Å². The van der Waals surface area contributed by atoms with Gasteiger partial charge in [0, 0.05) is 27.1 Å². The van der Waals surface area contributed by atoms with Crippen LogP contribution in [-0.2, 0) is 9.59 Å². The molecule has 3 N–H and O–H groups in total. The van der Waals surface area contributed by atoms with E-state index in [0.29, 0.717) is 21.9 Å². The summed E-state index contributed by atoms with van der Waals surface area (Å²) in [4.78, 5) is 44.1. The number of benzene rings is 4. The van der Waals surface area contributed by atoms with E-state index in [1.807, 2.05) is 42.6 Å². The Kier molecular flexibility index (Phi) is 9.96. The Hall–Kier alpha value is -5.06. The third kappa shape index (κ3) is 8.50. The van der Waals surface area contributed by atoms with Crippen molar-refractivity contribution < 1.29 is 18.8 Å². The van der Waals surface area contributed by atoms with Gasteiger partial charge in [-0.15, -0.1) is 23.1 Å². The minimum atomic E-state index is -0.563. The molecule has 0 spiro atoms. The normalized spacial score (nSPS) is 11.1. The molecule has 5 rings (SSSR count). The smallest absolute Gasteiger partial charge is 0.272 e. The van der Waals surface area contributed by atoms with Crippen LogP contribution in [0.2, 0.25) is 0 Å². The average molecular weight is 623 g/mol. The van der Waals surface area contributed by atoms with Crippen molar-refractivity contribution in [3.8, 4) is 11.3 Å². The molecule has 0 unspecified atom stereocenters. The van der Waals surface area contributed by atoms with Gasteiger partial charge < -0.3 is 16.0 Å². The molecule has 0 radical (unpaired) electrons. The van der Waals surface area contributed by atoms with Crippen LogP contribution in [0.25, 0.3) is 17.3 Å². The number of anilines is 2. The molecule has 0 saturated carbocycles. The van der Waals surface area contributed by atoms with Crippen LogP contribution in [0.1, 0.15) is 21.5 Å². The van der Waals surface area contributed by atoms with Gasteiger partial charge in [0.1, 0.15) is 11.5 Å². The van der Waals surface area contributed by atoms with Crippen molar-refractivity contribution in [3.05, 3.63) is 137 Å². The Morgan fingerprint density at radius 2 is 1.64 bits per heavy atom. The number of thioether (sulfide) groups is 1. The highest BCUT2D eigenvalue weighted by Crippen LogP contribution is 2.26. The van der Waals surface area contributed by atoms with Gasteiger partial charge in [0.2, 0.25) is 5.91 Å². The lowest BCUT2D eigenvalue weighted by molar-refractivity contribution is -0.114. The second kappa shape index (κ2) is 14.4. The number of hydrogen-bond acceptors (Lipinski definition) is 6. The number of halogens is 1. The maximum Gasteiger partial charge on any atom is 0.272 e. The SMILES string of the molecule is Cc1ccc(-c2csc(NC(=O)CSc3cccc(NC(=O)/C(=C/c4ccc(F)cc4)NC(=O)c4ccccc4)c3)n2)cc1. The summed E-state index contributed by atoms with van der Waals surface area (Å²) < 4.78 is 13.4. The first-order chi connectivity index (χ1) is 21.3. The van der Waals surface area contributed by atoms with E-state index in [1.54, 1.807) is 48.5 Å². The van der Waals surface area contributed by atoms with E-state index in [9.17, 15) is 18.8 Å². The molecule has 44 heavy (non-hydrogen) atoms. The minimum absolute atomic E-state index is 0.0173. The number of carbonyl (C=O) groups excluding carboxylic acids is 3. The Morgan fingerprint density at radius 3 is 2.39 bits per heavy atom. The minimum Gasteiger partial charge on any atom is -0.321 e. The number of thiazole rings is 1. The lowest BCUT2D eigenvalue weighted by Gasteiger charge is -2.12.